The monoisotopic (exact) mass is 250 g/mol. The molecule has 0 aromatic carbocycles. The third-order valence-corrected chi connectivity index (χ3v) is 2.93. The molecule has 0 atom stereocenters. The molecule has 0 unspecified atom stereocenters. The van der Waals surface area contributed by atoms with Crippen LogP contribution < -0.4 is 15.4 Å². The Morgan fingerprint density at radius 3 is 2.72 bits per heavy atom. The lowest BCUT2D eigenvalue weighted by Gasteiger charge is -2.26. The number of hydrogen-bond acceptors (Lipinski definition) is 5. The van der Waals surface area contributed by atoms with Crippen LogP contribution in [0.3, 0.4) is 0 Å². The Morgan fingerprint density at radius 2 is 2.17 bits per heavy atom. The molecule has 0 radical (unpaired) electrons. The van der Waals surface area contributed by atoms with E-state index in [0.717, 1.165) is 12.4 Å². The van der Waals surface area contributed by atoms with Crippen LogP contribution in [0.15, 0.2) is 6.33 Å². The zero-order valence-corrected chi connectivity index (χ0v) is 11.4. The maximum atomic E-state index is 6.12. The molecule has 1 aliphatic rings. The minimum Gasteiger partial charge on any atom is -0.476 e. The van der Waals surface area contributed by atoms with Gasteiger partial charge in [0.2, 0.25) is 5.88 Å². The summed E-state index contributed by atoms with van der Waals surface area (Å²) in [6.07, 6.45) is 3.98. The van der Waals surface area contributed by atoms with E-state index < -0.39 is 0 Å². The standard InChI is InChI=1S/C13H22N4O/c1-4-18-13-11(14)12(15-8-16-13)17(7-9(2)3)10-5-6-10/h8-10H,4-7,14H2,1-3H3. The van der Waals surface area contributed by atoms with Gasteiger partial charge in [-0.2, -0.15) is 4.98 Å². The maximum absolute atomic E-state index is 6.12. The Balaban J connectivity index is 2.26. The first-order valence-electron chi connectivity index (χ1n) is 6.63. The van der Waals surface area contributed by atoms with Gasteiger partial charge in [-0.15, -0.1) is 0 Å². The Labute approximate surface area is 108 Å². The van der Waals surface area contributed by atoms with Crippen molar-refractivity contribution in [1.82, 2.24) is 9.97 Å². The van der Waals surface area contributed by atoms with Gasteiger partial charge in [0, 0.05) is 12.6 Å². The first-order chi connectivity index (χ1) is 8.63. The van der Waals surface area contributed by atoms with Crippen molar-refractivity contribution in [3.8, 4) is 5.88 Å². The largest absolute Gasteiger partial charge is 0.476 e. The molecule has 1 aromatic rings. The van der Waals surface area contributed by atoms with Gasteiger partial charge in [-0.25, -0.2) is 4.98 Å². The predicted octanol–water partition coefficient (Wildman–Crippen LogP) is 2.08. The van der Waals surface area contributed by atoms with Gasteiger partial charge in [0.15, 0.2) is 5.82 Å². The highest BCUT2D eigenvalue weighted by atomic mass is 16.5. The average molecular weight is 250 g/mol. The molecule has 1 saturated carbocycles. The number of ether oxygens (including phenoxy) is 1. The lowest BCUT2D eigenvalue weighted by atomic mass is 10.2. The predicted molar refractivity (Wildman–Crippen MR) is 72.8 cm³/mol. The van der Waals surface area contributed by atoms with Gasteiger partial charge in [0.25, 0.3) is 0 Å². The van der Waals surface area contributed by atoms with Crippen molar-refractivity contribution in [3.05, 3.63) is 6.33 Å². The number of nitrogens with zero attached hydrogens (tertiary/aromatic N) is 3. The third kappa shape index (κ3) is 2.83. The van der Waals surface area contributed by atoms with Crippen molar-refractivity contribution in [3.63, 3.8) is 0 Å². The van der Waals surface area contributed by atoms with Crippen molar-refractivity contribution >= 4 is 11.5 Å². The number of hydrogen-bond donors (Lipinski definition) is 1. The molecule has 0 aliphatic heterocycles. The van der Waals surface area contributed by atoms with E-state index in [1.807, 2.05) is 6.92 Å². The molecule has 1 aromatic heterocycles. The minimum atomic E-state index is 0.497. The second kappa shape index (κ2) is 5.42. The van der Waals surface area contributed by atoms with E-state index in [1.54, 1.807) is 0 Å². The van der Waals surface area contributed by atoms with Crippen LogP contribution in [-0.4, -0.2) is 29.2 Å². The van der Waals surface area contributed by atoms with Crippen LogP contribution in [0.4, 0.5) is 11.5 Å². The van der Waals surface area contributed by atoms with E-state index in [2.05, 4.69) is 28.7 Å². The summed E-state index contributed by atoms with van der Waals surface area (Å²) < 4.78 is 5.43. The molecular formula is C13H22N4O. The van der Waals surface area contributed by atoms with Crippen molar-refractivity contribution < 1.29 is 4.74 Å². The summed E-state index contributed by atoms with van der Waals surface area (Å²) in [6, 6.07) is 0.582. The van der Waals surface area contributed by atoms with Gasteiger partial charge in [-0.3, -0.25) is 0 Å². The van der Waals surface area contributed by atoms with Crippen LogP contribution >= 0.6 is 0 Å². The van der Waals surface area contributed by atoms with E-state index in [-0.39, 0.29) is 0 Å². The molecule has 100 valence electrons. The van der Waals surface area contributed by atoms with Crippen LogP contribution in [0.25, 0.3) is 0 Å². The molecule has 2 rings (SSSR count). The zero-order chi connectivity index (χ0) is 13.1. The van der Waals surface area contributed by atoms with E-state index in [9.17, 15) is 0 Å². The normalized spacial score (nSPS) is 14.9. The summed E-state index contributed by atoms with van der Waals surface area (Å²) in [5.74, 6) is 1.90. The second-order valence-electron chi connectivity index (χ2n) is 5.13. The average Bonchev–Trinajstić information content (AvgIpc) is 3.13. The molecule has 5 heteroatoms. The van der Waals surface area contributed by atoms with Crippen molar-refractivity contribution in [2.24, 2.45) is 5.92 Å². The highest BCUT2D eigenvalue weighted by molar-refractivity contribution is 5.68. The molecule has 1 heterocycles. The third-order valence-electron chi connectivity index (χ3n) is 2.93. The van der Waals surface area contributed by atoms with Crippen molar-refractivity contribution in [1.29, 1.82) is 0 Å². The summed E-state index contributed by atoms with van der Waals surface area (Å²) >= 11 is 0. The summed E-state index contributed by atoms with van der Waals surface area (Å²) in [5, 5.41) is 0. The van der Waals surface area contributed by atoms with Crippen LogP contribution in [0.5, 0.6) is 5.88 Å². The highest BCUT2D eigenvalue weighted by Crippen LogP contribution is 2.36. The summed E-state index contributed by atoms with van der Waals surface area (Å²) in [7, 11) is 0. The molecular weight excluding hydrogens is 228 g/mol. The number of nitrogens with two attached hydrogens (primary N) is 1. The molecule has 5 nitrogen and oxygen atoms in total. The molecule has 18 heavy (non-hydrogen) atoms. The quantitative estimate of drug-likeness (QED) is 0.837. The lowest BCUT2D eigenvalue weighted by molar-refractivity contribution is 0.328. The fourth-order valence-electron chi connectivity index (χ4n) is 2.04. The lowest BCUT2D eigenvalue weighted by Crippen LogP contribution is -2.31. The Hall–Kier alpha value is -1.52. The fourth-order valence-corrected chi connectivity index (χ4v) is 2.04. The van der Waals surface area contributed by atoms with E-state index in [0.29, 0.717) is 30.1 Å². The van der Waals surface area contributed by atoms with Gasteiger partial charge >= 0.3 is 0 Å². The van der Waals surface area contributed by atoms with Crippen molar-refractivity contribution in [2.75, 3.05) is 23.8 Å². The Kier molecular flexibility index (Phi) is 3.89. The number of nitrogen functional groups attached to an aromatic ring is 1. The van der Waals surface area contributed by atoms with Gasteiger partial charge in [-0.1, -0.05) is 13.8 Å². The van der Waals surface area contributed by atoms with Crippen LogP contribution in [0.2, 0.25) is 0 Å². The van der Waals surface area contributed by atoms with Gasteiger partial charge in [0.05, 0.1) is 6.61 Å². The maximum Gasteiger partial charge on any atom is 0.242 e. The zero-order valence-electron chi connectivity index (χ0n) is 11.4. The molecule has 0 saturated heterocycles. The van der Waals surface area contributed by atoms with Gasteiger partial charge in [0.1, 0.15) is 12.0 Å². The van der Waals surface area contributed by atoms with Crippen LogP contribution in [0, 0.1) is 5.92 Å². The molecule has 0 spiro atoms. The fraction of sp³-hybridized carbons (Fsp3) is 0.692. The molecule has 0 bridgehead atoms. The van der Waals surface area contributed by atoms with E-state index >= 15 is 0 Å². The second-order valence-corrected chi connectivity index (χ2v) is 5.13. The smallest absolute Gasteiger partial charge is 0.242 e. The highest BCUT2D eigenvalue weighted by Gasteiger charge is 2.32. The van der Waals surface area contributed by atoms with Crippen LogP contribution in [-0.2, 0) is 0 Å². The first kappa shape index (κ1) is 12.9. The topological polar surface area (TPSA) is 64.3 Å². The molecule has 0 amide bonds. The number of aromatic nitrogens is 2. The van der Waals surface area contributed by atoms with E-state index in [4.69, 9.17) is 10.5 Å². The molecule has 1 fully saturated rings. The first-order valence-corrected chi connectivity index (χ1v) is 6.63. The molecule has 2 N–H and O–H groups in total. The summed E-state index contributed by atoms with van der Waals surface area (Å²) in [5.41, 5.74) is 6.68. The van der Waals surface area contributed by atoms with Crippen LogP contribution in [0.1, 0.15) is 33.6 Å². The number of anilines is 2. The van der Waals surface area contributed by atoms with Crippen molar-refractivity contribution in [2.45, 2.75) is 39.7 Å². The summed E-state index contributed by atoms with van der Waals surface area (Å²) in [6.45, 7) is 7.87. The van der Waals surface area contributed by atoms with E-state index in [1.165, 1.54) is 19.2 Å². The molecule has 1 aliphatic carbocycles. The van der Waals surface area contributed by atoms with Gasteiger partial charge < -0.3 is 15.4 Å². The minimum absolute atomic E-state index is 0.497. The Bertz CT molecular complexity index is 404. The summed E-state index contributed by atoms with van der Waals surface area (Å²) in [4.78, 5) is 10.7. The van der Waals surface area contributed by atoms with Gasteiger partial charge in [-0.05, 0) is 25.7 Å². The Morgan fingerprint density at radius 1 is 1.44 bits per heavy atom. The number of rotatable bonds is 6. The SMILES string of the molecule is CCOc1ncnc(N(CC(C)C)C2CC2)c1N.